The highest BCUT2D eigenvalue weighted by Gasteiger charge is 2.17. The lowest BCUT2D eigenvalue weighted by molar-refractivity contribution is 0.538. The van der Waals surface area contributed by atoms with E-state index in [-0.39, 0.29) is 0 Å². The Bertz CT molecular complexity index is 467. The van der Waals surface area contributed by atoms with Crippen molar-refractivity contribution in [3.05, 3.63) is 36.2 Å². The average Bonchev–Trinajstić information content (AvgIpc) is 2.57. The van der Waals surface area contributed by atoms with Crippen molar-refractivity contribution in [2.24, 2.45) is 0 Å². The first kappa shape index (κ1) is 9.85. The van der Waals surface area contributed by atoms with Gasteiger partial charge in [-0.3, -0.25) is 0 Å². The summed E-state index contributed by atoms with van der Waals surface area (Å²) in [5.41, 5.74) is 2.59. The molecule has 0 aliphatic carbocycles. The van der Waals surface area contributed by atoms with Crippen LogP contribution < -0.4 is 5.32 Å². The maximum Gasteiger partial charge on any atom is 0.0709 e. The minimum Gasteiger partial charge on any atom is -0.310 e. The van der Waals surface area contributed by atoms with E-state index in [1.807, 2.05) is 23.0 Å². The number of rotatable bonds is 1. The summed E-state index contributed by atoms with van der Waals surface area (Å²) in [5.74, 6) is 0. The molecule has 0 bridgehead atoms. The van der Waals surface area contributed by atoms with E-state index in [1.54, 1.807) is 0 Å². The number of fused-ring (bicyclic) bond motifs is 1. The Morgan fingerprint density at radius 2 is 2.25 bits per heavy atom. The van der Waals surface area contributed by atoms with E-state index in [4.69, 9.17) is 0 Å². The fourth-order valence-corrected chi connectivity index (χ4v) is 2.52. The Labute approximate surface area is 95.5 Å². The summed E-state index contributed by atoms with van der Waals surface area (Å²) in [4.78, 5) is 0. The van der Waals surface area contributed by atoms with Crippen LogP contribution in [0.1, 0.15) is 37.3 Å². The number of nitrogens with one attached hydrogen (secondary N) is 1. The highest BCUT2D eigenvalue weighted by molar-refractivity contribution is 5.54. The molecule has 1 aliphatic heterocycles. The van der Waals surface area contributed by atoms with Gasteiger partial charge in [-0.15, -0.1) is 0 Å². The second-order valence-corrected chi connectivity index (χ2v) is 4.49. The van der Waals surface area contributed by atoms with Crippen LogP contribution in [-0.2, 0) is 0 Å². The third-order valence-electron chi connectivity index (χ3n) is 3.39. The number of nitrogens with zero attached hydrogens (tertiary/aromatic N) is 2. The molecule has 1 N–H and O–H groups in total. The number of pyridine rings is 1. The first-order valence-corrected chi connectivity index (χ1v) is 6.11. The van der Waals surface area contributed by atoms with Crippen LogP contribution in [0.5, 0.6) is 0 Å². The first-order valence-electron chi connectivity index (χ1n) is 6.11. The van der Waals surface area contributed by atoms with E-state index in [0.717, 1.165) is 6.54 Å². The predicted molar refractivity (Wildman–Crippen MR) is 64.4 cm³/mol. The molecule has 1 saturated heterocycles. The number of hydrogen-bond donors (Lipinski definition) is 1. The van der Waals surface area contributed by atoms with Crippen LogP contribution in [0, 0.1) is 0 Å². The smallest absolute Gasteiger partial charge is 0.0709 e. The zero-order chi connectivity index (χ0) is 10.8. The lowest BCUT2D eigenvalue weighted by atomic mass is 10.0. The van der Waals surface area contributed by atoms with Crippen LogP contribution >= 0.6 is 0 Å². The van der Waals surface area contributed by atoms with E-state index < -0.39 is 0 Å². The molecule has 0 spiro atoms. The van der Waals surface area contributed by atoms with Crippen molar-refractivity contribution < 1.29 is 0 Å². The summed E-state index contributed by atoms with van der Waals surface area (Å²) in [6.07, 6.45) is 9.23. The van der Waals surface area contributed by atoms with Gasteiger partial charge >= 0.3 is 0 Å². The van der Waals surface area contributed by atoms with Gasteiger partial charge in [0.05, 0.1) is 11.7 Å². The highest BCUT2D eigenvalue weighted by Crippen LogP contribution is 2.25. The van der Waals surface area contributed by atoms with Gasteiger partial charge in [0.2, 0.25) is 0 Å². The van der Waals surface area contributed by atoms with Crippen molar-refractivity contribution >= 4 is 5.52 Å². The van der Waals surface area contributed by atoms with Crippen molar-refractivity contribution in [1.29, 1.82) is 0 Å². The van der Waals surface area contributed by atoms with Gasteiger partial charge in [0, 0.05) is 17.8 Å². The second kappa shape index (κ2) is 4.26. The van der Waals surface area contributed by atoms with E-state index in [0.29, 0.717) is 6.04 Å². The largest absolute Gasteiger partial charge is 0.310 e. The standard InChI is InChI=1S/C13H17N3/c1-2-6-12(14-8-4-1)11-10-15-16-9-5-3-7-13(11)16/h3,5,7,9-10,12,14H,1-2,4,6,8H2. The van der Waals surface area contributed by atoms with Crippen LogP contribution in [0.2, 0.25) is 0 Å². The van der Waals surface area contributed by atoms with Crippen molar-refractivity contribution in [1.82, 2.24) is 14.9 Å². The van der Waals surface area contributed by atoms with Crippen LogP contribution in [-0.4, -0.2) is 16.2 Å². The summed E-state index contributed by atoms with van der Waals surface area (Å²) in [7, 11) is 0. The Balaban J connectivity index is 1.97. The molecule has 16 heavy (non-hydrogen) atoms. The molecule has 1 unspecified atom stereocenters. The molecule has 3 heterocycles. The fraction of sp³-hybridized carbons (Fsp3) is 0.462. The third kappa shape index (κ3) is 1.71. The number of hydrogen-bond acceptors (Lipinski definition) is 2. The molecule has 2 aromatic heterocycles. The SMILES string of the molecule is c1ccn2ncc(C3CCCCCN3)c2c1. The predicted octanol–water partition coefficient (Wildman–Crippen LogP) is 2.54. The van der Waals surface area contributed by atoms with Crippen LogP contribution in [0.4, 0.5) is 0 Å². The Morgan fingerprint density at radius 1 is 1.25 bits per heavy atom. The van der Waals surface area contributed by atoms with Gasteiger partial charge in [0.25, 0.3) is 0 Å². The maximum absolute atomic E-state index is 4.40. The molecule has 3 nitrogen and oxygen atoms in total. The van der Waals surface area contributed by atoms with Crippen LogP contribution in [0.25, 0.3) is 5.52 Å². The van der Waals surface area contributed by atoms with Crippen LogP contribution in [0.15, 0.2) is 30.6 Å². The topological polar surface area (TPSA) is 29.3 Å². The van der Waals surface area contributed by atoms with Crippen molar-refractivity contribution in [3.63, 3.8) is 0 Å². The quantitative estimate of drug-likeness (QED) is 0.792. The summed E-state index contributed by atoms with van der Waals surface area (Å²) in [6, 6.07) is 6.73. The van der Waals surface area contributed by atoms with Gasteiger partial charge in [0.1, 0.15) is 0 Å². The van der Waals surface area contributed by atoms with Gasteiger partial charge in [-0.2, -0.15) is 5.10 Å². The van der Waals surface area contributed by atoms with Gasteiger partial charge in [-0.25, -0.2) is 4.52 Å². The van der Waals surface area contributed by atoms with Crippen LogP contribution in [0.3, 0.4) is 0 Å². The van der Waals surface area contributed by atoms with E-state index >= 15 is 0 Å². The molecular formula is C13H17N3. The molecule has 2 aromatic rings. The van der Waals surface area contributed by atoms with E-state index in [9.17, 15) is 0 Å². The molecule has 0 aromatic carbocycles. The van der Waals surface area contributed by atoms with E-state index in [1.165, 1.54) is 36.8 Å². The molecule has 84 valence electrons. The first-order chi connectivity index (χ1) is 7.95. The zero-order valence-electron chi connectivity index (χ0n) is 9.39. The van der Waals surface area contributed by atoms with Gasteiger partial charge in [-0.05, 0) is 31.5 Å². The van der Waals surface area contributed by atoms with Gasteiger partial charge in [0.15, 0.2) is 0 Å². The molecular weight excluding hydrogens is 198 g/mol. The average molecular weight is 215 g/mol. The van der Waals surface area contributed by atoms with Crippen molar-refractivity contribution in [2.75, 3.05) is 6.54 Å². The Morgan fingerprint density at radius 3 is 3.25 bits per heavy atom. The number of aromatic nitrogens is 2. The normalized spacial score (nSPS) is 22.1. The summed E-state index contributed by atoms with van der Waals surface area (Å²) in [6.45, 7) is 1.13. The molecule has 3 rings (SSSR count). The summed E-state index contributed by atoms with van der Waals surface area (Å²) < 4.78 is 1.96. The summed E-state index contributed by atoms with van der Waals surface area (Å²) in [5, 5.41) is 8.02. The van der Waals surface area contributed by atoms with E-state index in [2.05, 4.69) is 22.5 Å². The molecule has 0 radical (unpaired) electrons. The molecule has 1 aliphatic rings. The highest BCUT2D eigenvalue weighted by atomic mass is 15.2. The molecule has 1 fully saturated rings. The van der Waals surface area contributed by atoms with Gasteiger partial charge in [-0.1, -0.05) is 18.9 Å². The molecule has 0 saturated carbocycles. The van der Waals surface area contributed by atoms with Crippen molar-refractivity contribution in [3.8, 4) is 0 Å². The minimum atomic E-state index is 0.488. The Kier molecular flexibility index (Phi) is 2.62. The lowest BCUT2D eigenvalue weighted by Crippen LogP contribution is -2.20. The molecule has 3 heteroatoms. The Hall–Kier alpha value is -1.35. The lowest BCUT2D eigenvalue weighted by Gasteiger charge is -2.14. The molecule has 0 amide bonds. The maximum atomic E-state index is 4.40. The second-order valence-electron chi connectivity index (χ2n) is 4.49. The van der Waals surface area contributed by atoms with Crippen molar-refractivity contribution in [2.45, 2.75) is 31.7 Å². The fourth-order valence-electron chi connectivity index (χ4n) is 2.52. The zero-order valence-corrected chi connectivity index (χ0v) is 9.39. The third-order valence-corrected chi connectivity index (χ3v) is 3.39. The van der Waals surface area contributed by atoms with Gasteiger partial charge < -0.3 is 5.32 Å². The summed E-state index contributed by atoms with van der Waals surface area (Å²) >= 11 is 0. The molecule has 1 atom stereocenters. The minimum absolute atomic E-state index is 0.488. The monoisotopic (exact) mass is 215 g/mol.